The van der Waals surface area contributed by atoms with Crippen LogP contribution in [0.3, 0.4) is 0 Å². The van der Waals surface area contributed by atoms with E-state index >= 15 is 0 Å². The fourth-order valence-corrected chi connectivity index (χ4v) is 2.96. The molecule has 0 amide bonds. The van der Waals surface area contributed by atoms with E-state index in [2.05, 4.69) is 15.1 Å². The first kappa shape index (κ1) is 14.3. The molecule has 2 aromatic heterocycles. The molecule has 0 radical (unpaired) electrons. The lowest BCUT2D eigenvalue weighted by atomic mass is 10.1. The Morgan fingerprint density at radius 3 is 2.74 bits per heavy atom. The minimum absolute atomic E-state index is 0.172. The highest BCUT2D eigenvalue weighted by Gasteiger charge is 2.44. The van der Waals surface area contributed by atoms with Gasteiger partial charge in [0.1, 0.15) is 30.3 Å². The van der Waals surface area contributed by atoms with Crippen LogP contribution in [0, 0.1) is 0 Å². The van der Waals surface area contributed by atoms with Crippen LogP contribution in [0.2, 0.25) is 0 Å². The van der Waals surface area contributed by atoms with Crippen LogP contribution in [0.25, 0.3) is 11.0 Å². The predicted octanol–water partition coefficient (Wildman–Crippen LogP) is -2.64. The van der Waals surface area contributed by atoms with E-state index in [1.165, 1.54) is 10.9 Å². The molecule has 0 aromatic carbocycles. The zero-order valence-electron chi connectivity index (χ0n) is 11.8. The molecule has 23 heavy (non-hydrogen) atoms. The van der Waals surface area contributed by atoms with Gasteiger partial charge in [-0.25, -0.2) is 15.8 Å². The maximum atomic E-state index is 10.2. The van der Waals surface area contributed by atoms with Gasteiger partial charge in [0.25, 0.3) is 0 Å². The summed E-state index contributed by atoms with van der Waals surface area (Å²) in [5, 5.41) is 34.9. The number of ether oxygens (including phenoxy) is 1. The molecule has 1 fully saturated rings. The summed E-state index contributed by atoms with van der Waals surface area (Å²) in [6.07, 6.45) is -1.36. The second kappa shape index (κ2) is 4.84. The maximum absolute atomic E-state index is 10.2. The van der Waals surface area contributed by atoms with E-state index in [0.29, 0.717) is 22.4 Å². The molecule has 11 heteroatoms. The summed E-state index contributed by atoms with van der Waals surface area (Å²) in [6, 6.07) is 0. The second-order valence-electron chi connectivity index (χ2n) is 5.40. The van der Waals surface area contributed by atoms with Crippen LogP contribution in [0.1, 0.15) is 11.8 Å². The van der Waals surface area contributed by atoms with Crippen LogP contribution < -0.4 is 16.7 Å². The van der Waals surface area contributed by atoms with Gasteiger partial charge >= 0.3 is 0 Å². The smallest absolute Gasteiger partial charge is 0.179 e. The lowest BCUT2D eigenvalue weighted by Gasteiger charge is -2.18. The van der Waals surface area contributed by atoms with Crippen LogP contribution in [0.5, 0.6) is 0 Å². The highest BCUT2D eigenvalue weighted by Crippen LogP contribution is 2.36. The molecule has 11 nitrogen and oxygen atoms in total. The average Bonchev–Trinajstić information content (AvgIpc) is 3.05. The Labute approximate surface area is 129 Å². The van der Waals surface area contributed by atoms with Gasteiger partial charge in [0.15, 0.2) is 17.9 Å². The van der Waals surface area contributed by atoms with E-state index in [4.69, 9.17) is 16.3 Å². The van der Waals surface area contributed by atoms with Gasteiger partial charge in [-0.2, -0.15) is 5.12 Å². The summed E-state index contributed by atoms with van der Waals surface area (Å²) in [6.45, 7) is -0.415. The third kappa shape index (κ3) is 1.85. The minimum Gasteiger partial charge on any atom is -0.394 e. The Bertz CT molecular complexity index is 806. The zero-order valence-corrected chi connectivity index (χ0v) is 11.8. The Hall–Kier alpha value is -2.31. The Kier molecular flexibility index (Phi) is 3.01. The molecule has 1 saturated heterocycles. The summed E-state index contributed by atoms with van der Waals surface area (Å²) >= 11 is 0. The number of hydrogen-bond acceptors (Lipinski definition) is 10. The van der Waals surface area contributed by atoms with E-state index < -0.39 is 31.1 Å². The molecule has 0 saturated carbocycles. The molecule has 0 aliphatic carbocycles. The van der Waals surface area contributed by atoms with Gasteiger partial charge in [-0.05, 0) is 0 Å². The molecular weight excluding hydrogens is 306 g/mol. The first-order chi connectivity index (χ1) is 11.0. The van der Waals surface area contributed by atoms with Crippen molar-refractivity contribution in [3.8, 4) is 0 Å². The molecule has 2 aliphatic rings. The molecule has 4 rings (SSSR count). The van der Waals surface area contributed by atoms with Gasteiger partial charge in [0.2, 0.25) is 0 Å². The zero-order chi connectivity index (χ0) is 16.3. The number of hydrogen-bond donors (Lipinski definition) is 5. The third-order valence-corrected chi connectivity index (χ3v) is 4.09. The average molecular weight is 321 g/mol. The number of nitrogens with zero attached hydrogens (tertiary/aromatic N) is 5. The molecule has 4 heterocycles. The fraction of sp³-hybridized carbons (Fsp3) is 0.417. The summed E-state index contributed by atoms with van der Waals surface area (Å²) in [7, 11) is 0. The summed E-state index contributed by atoms with van der Waals surface area (Å²) < 4.78 is 7.07. The highest BCUT2D eigenvalue weighted by atomic mass is 16.6. The number of hydrazone groups is 1. The fourth-order valence-electron chi connectivity index (χ4n) is 2.96. The van der Waals surface area contributed by atoms with Crippen molar-refractivity contribution in [1.29, 1.82) is 0 Å². The lowest BCUT2D eigenvalue weighted by Crippen LogP contribution is -2.33. The monoisotopic (exact) mass is 321 g/mol. The number of nitrogens with two attached hydrogens (primary N) is 2. The van der Waals surface area contributed by atoms with Crippen molar-refractivity contribution < 1.29 is 20.1 Å². The number of amidine groups is 1. The Balaban J connectivity index is 1.89. The number of aliphatic hydroxyl groups is 3. The number of rotatable bonds is 2. The number of anilines is 1. The number of aliphatic hydroxyl groups excluding tert-OH is 3. The first-order valence-corrected chi connectivity index (χ1v) is 6.90. The number of aromatic nitrogens is 3. The molecule has 0 unspecified atom stereocenters. The summed E-state index contributed by atoms with van der Waals surface area (Å²) in [5.74, 6) is 6.30. The lowest BCUT2D eigenvalue weighted by molar-refractivity contribution is -0.0508. The molecule has 0 bridgehead atoms. The van der Waals surface area contributed by atoms with Gasteiger partial charge in [0, 0.05) is 11.8 Å². The van der Waals surface area contributed by atoms with Gasteiger partial charge < -0.3 is 30.4 Å². The highest BCUT2D eigenvalue weighted by molar-refractivity contribution is 6.13. The Morgan fingerprint density at radius 1 is 1.26 bits per heavy atom. The van der Waals surface area contributed by atoms with Crippen LogP contribution in [0.15, 0.2) is 17.6 Å². The Morgan fingerprint density at radius 2 is 2.04 bits per heavy atom. The van der Waals surface area contributed by atoms with E-state index in [-0.39, 0.29) is 5.84 Å². The molecule has 2 aliphatic heterocycles. The largest absolute Gasteiger partial charge is 0.394 e. The molecule has 0 spiro atoms. The number of hydrazine groups is 1. The van der Waals surface area contributed by atoms with Gasteiger partial charge in [-0.1, -0.05) is 0 Å². The topological polar surface area (TPSA) is 168 Å². The van der Waals surface area contributed by atoms with Gasteiger partial charge in [-0.3, -0.25) is 0 Å². The van der Waals surface area contributed by atoms with Crippen molar-refractivity contribution in [2.75, 3.05) is 11.7 Å². The van der Waals surface area contributed by atoms with Crippen LogP contribution >= 0.6 is 0 Å². The van der Waals surface area contributed by atoms with Crippen molar-refractivity contribution in [1.82, 2.24) is 14.5 Å². The van der Waals surface area contributed by atoms with Gasteiger partial charge in [-0.15, -0.1) is 5.10 Å². The van der Waals surface area contributed by atoms with Crippen LogP contribution in [-0.2, 0) is 4.74 Å². The van der Waals surface area contributed by atoms with E-state index in [1.807, 2.05) is 0 Å². The first-order valence-electron chi connectivity index (χ1n) is 6.90. The molecule has 2 aromatic rings. The summed E-state index contributed by atoms with van der Waals surface area (Å²) in [5.41, 5.74) is 6.86. The third-order valence-electron chi connectivity index (χ3n) is 4.09. The maximum Gasteiger partial charge on any atom is 0.179 e. The quantitative estimate of drug-likeness (QED) is 0.371. The van der Waals surface area contributed by atoms with Gasteiger partial charge in [0.05, 0.1) is 12.0 Å². The molecule has 7 N–H and O–H groups in total. The summed E-state index contributed by atoms with van der Waals surface area (Å²) in [4.78, 5) is 8.27. The van der Waals surface area contributed by atoms with Crippen molar-refractivity contribution in [3.63, 3.8) is 0 Å². The minimum atomic E-state index is -1.23. The normalized spacial score (nSPS) is 30.1. The molecule has 4 atom stereocenters. The predicted molar refractivity (Wildman–Crippen MR) is 77.9 cm³/mol. The standard InChI is InChI=1S/C12H15N7O4/c13-9-4-1-18(12-8(22)7(21)5(2-20)23-12)10-6(4)11(16-3-15-10)19(14)17-9/h1,3,5,7-8,12,20-22H,2,14H2,(H2,13,17)/t5-,7-,8-,12-/m1/s1. The van der Waals surface area contributed by atoms with E-state index in [1.54, 1.807) is 6.20 Å². The van der Waals surface area contributed by atoms with Crippen LogP contribution in [-0.4, -0.2) is 60.6 Å². The molecular formula is C12H15N7O4. The van der Waals surface area contributed by atoms with E-state index in [9.17, 15) is 15.3 Å². The van der Waals surface area contributed by atoms with Crippen LogP contribution in [0.4, 0.5) is 5.82 Å². The van der Waals surface area contributed by atoms with E-state index in [0.717, 1.165) is 5.12 Å². The van der Waals surface area contributed by atoms with Crippen molar-refractivity contribution in [2.45, 2.75) is 24.5 Å². The van der Waals surface area contributed by atoms with Crippen molar-refractivity contribution in [3.05, 3.63) is 18.1 Å². The van der Waals surface area contributed by atoms with Crippen molar-refractivity contribution in [2.24, 2.45) is 16.7 Å². The molecule has 122 valence electrons. The second-order valence-corrected chi connectivity index (χ2v) is 5.40. The van der Waals surface area contributed by atoms with Crippen molar-refractivity contribution >= 4 is 22.7 Å². The SMILES string of the molecule is NC1=NN(N)c2ncnc3c2c1cn3[C@@H]1O[C@H](CO)[C@@H](O)[C@H]1O.